The molecule has 0 radical (unpaired) electrons. The summed E-state index contributed by atoms with van der Waals surface area (Å²) in [5, 5.41) is 2.61. The largest absolute Gasteiger partial charge is 0.333 e. The maximum Gasteiger partial charge on any atom is 0.0949 e. The third-order valence-electron chi connectivity index (χ3n) is 4.07. The van der Waals surface area contributed by atoms with Crippen LogP contribution in [0.3, 0.4) is 0 Å². The van der Waals surface area contributed by atoms with E-state index in [4.69, 9.17) is 0 Å². The second kappa shape index (κ2) is 6.93. The number of benzene rings is 3. The molecular formula is C21H18N2S. The highest BCUT2D eigenvalue weighted by molar-refractivity contribution is 7.98. The minimum absolute atomic E-state index is 0.871. The SMILES string of the molecule is c1ccc2cc(CSc3ccc(Cn4ccnc4)cc3)ccc2c1. The smallest absolute Gasteiger partial charge is 0.0949 e. The molecule has 4 aromatic rings. The first-order valence-electron chi connectivity index (χ1n) is 8.02. The van der Waals surface area contributed by atoms with Crippen molar-refractivity contribution in [3.63, 3.8) is 0 Å². The third-order valence-corrected chi connectivity index (χ3v) is 5.15. The van der Waals surface area contributed by atoms with E-state index in [9.17, 15) is 0 Å². The van der Waals surface area contributed by atoms with Crippen LogP contribution in [-0.2, 0) is 12.3 Å². The Hall–Kier alpha value is -2.52. The minimum Gasteiger partial charge on any atom is -0.333 e. The maximum atomic E-state index is 4.08. The molecule has 4 rings (SSSR count). The third kappa shape index (κ3) is 3.52. The van der Waals surface area contributed by atoms with E-state index in [1.807, 2.05) is 30.5 Å². The molecule has 3 heteroatoms. The van der Waals surface area contributed by atoms with E-state index in [2.05, 4.69) is 76.3 Å². The van der Waals surface area contributed by atoms with E-state index in [0.29, 0.717) is 0 Å². The van der Waals surface area contributed by atoms with Crippen LogP contribution in [-0.4, -0.2) is 9.55 Å². The Bertz CT molecular complexity index is 928. The molecule has 2 nitrogen and oxygen atoms in total. The van der Waals surface area contributed by atoms with Gasteiger partial charge in [-0.3, -0.25) is 0 Å². The van der Waals surface area contributed by atoms with Gasteiger partial charge in [0.1, 0.15) is 0 Å². The van der Waals surface area contributed by atoms with E-state index in [-0.39, 0.29) is 0 Å². The number of imidazole rings is 1. The number of hydrogen-bond acceptors (Lipinski definition) is 2. The lowest BCUT2D eigenvalue weighted by Crippen LogP contribution is -1.95. The average molecular weight is 330 g/mol. The van der Waals surface area contributed by atoms with Gasteiger partial charge in [0.25, 0.3) is 0 Å². The quantitative estimate of drug-likeness (QED) is 0.457. The van der Waals surface area contributed by atoms with Crippen molar-refractivity contribution in [2.75, 3.05) is 0 Å². The standard InChI is InChI=1S/C21H18N2S/c1-2-4-20-13-18(5-8-19(20)3-1)15-24-21-9-6-17(7-10-21)14-23-12-11-22-16-23/h1-13,16H,14-15H2. The summed E-state index contributed by atoms with van der Waals surface area (Å²) in [4.78, 5) is 5.38. The van der Waals surface area contributed by atoms with Crippen molar-refractivity contribution in [1.82, 2.24) is 9.55 Å². The Kier molecular flexibility index (Phi) is 4.34. The van der Waals surface area contributed by atoms with Crippen LogP contribution in [0.5, 0.6) is 0 Å². The molecular weight excluding hydrogens is 312 g/mol. The highest BCUT2D eigenvalue weighted by Crippen LogP contribution is 2.25. The lowest BCUT2D eigenvalue weighted by atomic mass is 10.1. The second-order valence-electron chi connectivity index (χ2n) is 5.85. The Morgan fingerprint density at radius 1 is 0.833 bits per heavy atom. The fourth-order valence-electron chi connectivity index (χ4n) is 2.78. The average Bonchev–Trinajstić information content (AvgIpc) is 3.14. The van der Waals surface area contributed by atoms with Crippen molar-refractivity contribution in [2.45, 2.75) is 17.2 Å². The van der Waals surface area contributed by atoms with Crippen LogP contribution in [0.15, 0.2) is 90.3 Å². The van der Waals surface area contributed by atoms with Crippen LogP contribution in [0.4, 0.5) is 0 Å². The number of hydrogen-bond donors (Lipinski definition) is 0. The zero-order valence-electron chi connectivity index (χ0n) is 13.3. The summed E-state index contributed by atoms with van der Waals surface area (Å²) in [6.45, 7) is 0.871. The fourth-order valence-corrected chi connectivity index (χ4v) is 3.62. The van der Waals surface area contributed by atoms with Crippen molar-refractivity contribution in [1.29, 1.82) is 0 Å². The van der Waals surface area contributed by atoms with Gasteiger partial charge in [-0.15, -0.1) is 11.8 Å². The Labute approximate surface area is 146 Å². The molecule has 0 saturated heterocycles. The monoisotopic (exact) mass is 330 g/mol. The van der Waals surface area contributed by atoms with Gasteiger partial charge >= 0.3 is 0 Å². The Morgan fingerprint density at radius 3 is 2.42 bits per heavy atom. The summed E-state index contributed by atoms with van der Waals surface area (Å²) in [6.07, 6.45) is 5.65. The second-order valence-corrected chi connectivity index (χ2v) is 6.90. The van der Waals surface area contributed by atoms with Crippen LogP contribution in [0.25, 0.3) is 10.8 Å². The lowest BCUT2D eigenvalue weighted by Gasteiger charge is -2.06. The summed E-state index contributed by atoms with van der Waals surface area (Å²) < 4.78 is 2.08. The molecule has 0 saturated carbocycles. The molecule has 3 aromatic carbocycles. The fraction of sp³-hybridized carbons (Fsp3) is 0.0952. The van der Waals surface area contributed by atoms with Crippen molar-refractivity contribution in [3.05, 3.63) is 96.6 Å². The van der Waals surface area contributed by atoms with Gasteiger partial charge in [-0.1, -0.05) is 54.6 Å². The van der Waals surface area contributed by atoms with Gasteiger partial charge in [-0.25, -0.2) is 4.98 Å². The minimum atomic E-state index is 0.871. The van der Waals surface area contributed by atoms with E-state index >= 15 is 0 Å². The van der Waals surface area contributed by atoms with Crippen molar-refractivity contribution in [2.24, 2.45) is 0 Å². The molecule has 1 aromatic heterocycles. The molecule has 118 valence electrons. The number of thioether (sulfide) groups is 1. The van der Waals surface area contributed by atoms with Crippen LogP contribution in [0.2, 0.25) is 0 Å². The zero-order valence-corrected chi connectivity index (χ0v) is 14.1. The zero-order chi connectivity index (χ0) is 16.2. The molecule has 0 aliphatic carbocycles. The van der Waals surface area contributed by atoms with Crippen LogP contribution < -0.4 is 0 Å². The topological polar surface area (TPSA) is 17.8 Å². The first-order chi connectivity index (χ1) is 11.9. The highest BCUT2D eigenvalue weighted by atomic mass is 32.2. The van der Waals surface area contributed by atoms with Gasteiger partial charge in [-0.05, 0) is 34.0 Å². The number of nitrogens with zero attached hydrogens (tertiary/aromatic N) is 2. The molecule has 0 fully saturated rings. The first-order valence-corrected chi connectivity index (χ1v) is 9.00. The molecule has 24 heavy (non-hydrogen) atoms. The van der Waals surface area contributed by atoms with Gasteiger partial charge in [0.05, 0.1) is 6.33 Å². The number of fused-ring (bicyclic) bond motifs is 1. The molecule has 0 aliphatic rings. The summed E-state index contributed by atoms with van der Waals surface area (Å²) in [6, 6.07) is 24.0. The Balaban J connectivity index is 1.41. The van der Waals surface area contributed by atoms with Gasteiger partial charge < -0.3 is 4.57 Å². The summed E-state index contributed by atoms with van der Waals surface area (Å²) in [5.41, 5.74) is 2.66. The van der Waals surface area contributed by atoms with E-state index in [0.717, 1.165) is 12.3 Å². The highest BCUT2D eigenvalue weighted by Gasteiger charge is 2.00. The summed E-state index contributed by atoms with van der Waals surface area (Å²) >= 11 is 1.88. The van der Waals surface area contributed by atoms with E-state index < -0.39 is 0 Å². The van der Waals surface area contributed by atoms with Crippen LogP contribution in [0.1, 0.15) is 11.1 Å². The number of aromatic nitrogens is 2. The van der Waals surface area contributed by atoms with Crippen LogP contribution in [0, 0.1) is 0 Å². The molecule has 0 spiro atoms. The molecule has 0 bridgehead atoms. The maximum absolute atomic E-state index is 4.08. The van der Waals surface area contributed by atoms with Gasteiger partial charge in [-0.2, -0.15) is 0 Å². The molecule has 0 amide bonds. The first kappa shape index (κ1) is 15.0. The van der Waals surface area contributed by atoms with Gasteiger partial charge in [0.2, 0.25) is 0 Å². The van der Waals surface area contributed by atoms with Gasteiger partial charge in [0.15, 0.2) is 0 Å². The van der Waals surface area contributed by atoms with Crippen molar-refractivity contribution >= 4 is 22.5 Å². The van der Waals surface area contributed by atoms with E-state index in [1.54, 1.807) is 0 Å². The normalized spacial score (nSPS) is 11.0. The molecule has 0 atom stereocenters. The number of rotatable bonds is 5. The molecule has 1 heterocycles. The van der Waals surface area contributed by atoms with Crippen molar-refractivity contribution < 1.29 is 0 Å². The Morgan fingerprint density at radius 2 is 1.62 bits per heavy atom. The predicted molar refractivity (Wildman–Crippen MR) is 101 cm³/mol. The lowest BCUT2D eigenvalue weighted by molar-refractivity contribution is 0.796. The molecule has 0 aliphatic heterocycles. The van der Waals surface area contributed by atoms with E-state index in [1.165, 1.54) is 26.8 Å². The molecule has 0 unspecified atom stereocenters. The van der Waals surface area contributed by atoms with Crippen molar-refractivity contribution in [3.8, 4) is 0 Å². The summed E-state index contributed by atoms with van der Waals surface area (Å²) in [7, 11) is 0. The van der Waals surface area contributed by atoms with Gasteiger partial charge in [0, 0.05) is 29.6 Å². The summed E-state index contributed by atoms with van der Waals surface area (Å²) in [5.74, 6) is 0.992. The predicted octanol–water partition coefficient (Wildman–Crippen LogP) is 5.38. The van der Waals surface area contributed by atoms with Crippen LogP contribution >= 0.6 is 11.8 Å². The molecule has 0 N–H and O–H groups in total.